The fraction of sp³-hybridized carbons (Fsp3) is 0.429. The predicted octanol–water partition coefficient (Wildman–Crippen LogP) is 2.68. The number of methoxy groups -OCH3 is 1. The summed E-state index contributed by atoms with van der Waals surface area (Å²) in [6, 6.07) is 12.0. The van der Waals surface area contributed by atoms with E-state index >= 15 is 0 Å². The van der Waals surface area contributed by atoms with Gasteiger partial charge in [-0.3, -0.25) is 14.7 Å². The Bertz CT molecular complexity index is 759. The first-order chi connectivity index (χ1) is 13.1. The smallest absolute Gasteiger partial charge is 0.237 e. The fourth-order valence-corrected chi connectivity index (χ4v) is 3.56. The molecule has 1 aliphatic rings. The summed E-state index contributed by atoms with van der Waals surface area (Å²) in [5, 5.41) is 3.42. The van der Waals surface area contributed by atoms with Gasteiger partial charge in [0.2, 0.25) is 5.91 Å². The number of piperazine rings is 1. The van der Waals surface area contributed by atoms with E-state index in [1.807, 2.05) is 50.5 Å². The van der Waals surface area contributed by atoms with Gasteiger partial charge in [0.05, 0.1) is 19.7 Å². The number of para-hydroxylation sites is 1. The van der Waals surface area contributed by atoms with Crippen molar-refractivity contribution in [2.45, 2.75) is 19.0 Å². The van der Waals surface area contributed by atoms with Crippen LogP contribution in [0.25, 0.3) is 0 Å². The van der Waals surface area contributed by atoms with Gasteiger partial charge in [-0.05, 0) is 24.6 Å². The molecule has 1 N–H and O–H groups in total. The van der Waals surface area contributed by atoms with Gasteiger partial charge < -0.3 is 15.0 Å². The number of nitrogens with one attached hydrogen (secondary N) is 1. The fourth-order valence-electron chi connectivity index (χ4n) is 3.56. The molecule has 152 valence electrons. The number of hydrogen-bond donors (Lipinski definition) is 1. The molecule has 1 aliphatic heterocycles. The van der Waals surface area contributed by atoms with Crippen LogP contribution >= 0.6 is 12.4 Å². The first kappa shape index (κ1) is 22.1. The molecule has 28 heavy (non-hydrogen) atoms. The second-order valence-electron chi connectivity index (χ2n) is 6.90. The van der Waals surface area contributed by atoms with Gasteiger partial charge in [0.1, 0.15) is 5.75 Å². The zero-order valence-electron chi connectivity index (χ0n) is 16.7. The molecule has 1 amide bonds. The highest BCUT2D eigenvalue weighted by molar-refractivity contribution is 5.85. The maximum absolute atomic E-state index is 13.0. The second-order valence-corrected chi connectivity index (χ2v) is 6.90. The van der Waals surface area contributed by atoms with Gasteiger partial charge in [-0.25, -0.2) is 0 Å². The number of amides is 1. The van der Waals surface area contributed by atoms with Crippen LogP contribution in [0.5, 0.6) is 5.75 Å². The maximum atomic E-state index is 13.0. The third kappa shape index (κ3) is 5.01. The van der Waals surface area contributed by atoms with E-state index in [4.69, 9.17) is 4.74 Å². The number of rotatable bonds is 6. The summed E-state index contributed by atoms with van der Waals surface area (Å²) in [6.07, 6.45) is 3.66. The lowest BCUT2D eigenvalue weighted by Crippen LogP contribution is -2.50. The number of carbonyl (C=O) groups is 1. The van der Waals surface area contributed by atoms with Gasteiger partial charge in [0.15, 0.2) is 0 Å². The topological polar surface area (TPSA) is 57.7 Å². The molecule has 2 unspecified atom stereocenters. The molecule has 6 nitrogen and oxygen atoms in total. The number of carbonyl (C=O) groups excluding carboxylic acids is 1. The first-order valence-electron chi connectivity index (χ1n) is 9.35. The molecule has 7 heteroatoms. The van der Waals surface area contributed by atoms with Crippen molar-refractivity contribution in [2.75, 3.05) is 40.3 Å². The number of nitrogens with zero attached hydrogens (tertiary/aromatic N) is 3. The van der Waals surface area contributed by atoms with Crippen molar-refractivity contribution in [3.8, 4) is 5.75 Å². The predicted molar refractivity (Wildman–Crippen MR) is 113 cm³/mol. The van der Waals surface area contributed by atoms with Crippen LogP contribution in [0.4, 0.5) is 0 Å². The number of likely N-dealkylation sites (N-methyl/N-ethyl adjacent to an activating group) is 1. The van der Waals surface area contributed by atoms with E-state index in [9.17, 15) is 4.79 Å². The SMILES string of the molecule is COc1ccccc1C(C)N(C)C(=O)CN1CCNCC1c1cccnc1.Cl. The quantitative estimate of drug-likeness (QED) is 0.802. The average molecular weight is 405 g/mol. The molecule has 2 heterocycles. The van der Waals surface area contributed by atoms with Crippen LogP contribution in [0.3, 0.4) is 0 Å². The number of aromatic nitrogens is 1. The van der Waals surface area contributed by atoms with Crippen molar-refractivity contribution in [1.82, 2.24) is 20.1 Å². The lowest BCUT2D eigenvalue weighted by molar-refractivity contribution is -0.133. The molecule has 1 saturated heterocycles. The Morgan fingerprint density at radius 3 is 2.86 bits per heavy atom. The molecule has 0 bridgehead atoms. The third-order valence-corrected chi connectivity index (χ3v) is 5.33. The Morgan fingerprint density at radius 2 is 2.14 bits per heavy atom. The number of pyridine rings is 1. The second kappa shape index (κ2) is 10.4. The standard InChI is InChI=1S/C21H28N4O2.ClH/c1-16(18-8-4-5-9-20(18)27-3)24(2)21(26)15-25-12-11-23-14-19(25)17-7-6-10-22-13-17;/h4-10,13,16,19,23H,11-12,14-15H2,1-3H3;1H. The van der Waals surface area contributed by atoms with Gasteiger partial charge in [0.25, 0.3) is 0 Å². The lowest BCUT2D eigenvalue weighted by atomic mass is 10.0. The molecule has 3 rings (SSSR count). The van der Waals surface area contributed by atoms with E-state index in [1.54, 1.807) is 18.2 Å². The van der Waals surface area contributed by atoms with Gasteiger partial charge in [-0.15, -0.1) is 12.4 Å². The molecule has 0 spiro atoms. The largest absolute Gasteiger partial charge is 0.496 e. The summed E-state index contributed by atoms with van der Waals surface area (Å²) in [7, 11) is 3.52. The van der Waals surface area contributed by atoms with Crippen molar-refractivity contribution >= 4 is 18.3 Å². The normalized spacial score (nSPS) is 18.0. The van der Waals surface area contributed by atoms with E-state index in [-0.39, 0.29) is 30.4 Å². The zero-order valence-corrected chi connectivity index (χ0v) is 17.5. The molecule has 1 aromatic carbocycles. The van der Waals surface area contributed by atoms with Crippen LogP contribution < -0.4 is 10.1 Å². The minimum atomic E-state index is -0.0617. The maximum Gasteiger partial charge on any atom is 0.237 e. The van der Waals surface area contributed by atoms with Gasteiger partial charge in [-0.2, -0.15) is 0 Å². The third-order valence-electron chi connectivity index (χ3n) is 5.33. The zero-order chi connectivity index (χ0) is 19.2. The summed E-state index contributed by atoms with van der Waals surface area (Å²) in [4.78, 5) is 21.3. The number of hydrogen-bond acceptors (Lipinski definition) is 5. The van der Waals surface area contributed by atoms with Crippen molar-refractivity contribution in [2.24, 2.45) is 0 Å². The van der Waals surface area contributed by atoms with Crippen molar-refractivity contribution in [3.05, 3.63) is 59.9 Å². The molecular weight excluding hydrogens is 376 g/mol. The monoisotopic (exact) mass is 404 g/mol. The number of benzene rings is 1. The van der Waals surface area contributed by atoms with Gasteiger partial charge >= 0.3 is 0 Å². The highest BCUT2D eigenvalue weighted by Gasteiger charge is 2.28. The van der Waals surface area contributed by atoms with Gasteiger partial charge in [0, 0.05) is 50.7 Å². The average Bonchev–Trinajstić information content (AvgIpc) is 2.73. The van der Waals surface area contributed by atoms with Crippen molar-refractivity contribution in [1.29, 1.82) is 0 Å². The van der Waals surface area contributed by atoms with E-state index in [2.05, 4.69) is 21.3 Å². The van der Waals surface area contributed by atoms with Crippen molar-refractivity contribution in [3.63, 3.8) is 0 Å². The summed E-state index contributed by atoms with van der Waals surface area (Å²) in [5.41, 5.74) is 2.15. The van der Waals surface area contributed by atoms with E-state index in [0.717, 1.165) is 36.5 Å². The Hall–Kier alpha value is -2.15. The Labute approximate surface area is 173 Å². The Kier molecular flexibility index (Phi) is 8.23. The summed E-state index contributed by atoms with van der Waals surface area (Å²) < 4.78 is 5.46. The molecule has 2 aromatic rings. The first-order valence-corrected chi connectivity index (χ1v) is 9.35. The van der Waals surface area contributed by atoms with Crippen LogP contribution in [0.15, 0.2) is 48.8 Å². The minimum absolute atomic E-state index is 0. The Balaban J connectivity index is 0.00000280. The minimum Gasteiger partial charge on any atom is -0.496 e. The van der Waals surface area contributed by atoms with E-state index in [0.29, 0.717) is 6.54 Å². The van der Waals surface area contributed by atoms with E-state index in [1.165, 1.54) is 0 Å². The van der Waals surface area contributed by atoms with Crippen LogP contribution in [0.1, 0.15) is 30.1 Å². The summed E-state index contributed by atoms with van der Waals surface area (Å²) in [5.74, 6) is 0.907. The molecule has 1 aromatic heterocycles. The molecule has 0 saturated carbocycles. The number of halogens is 1. The summed E-state index contributed by atoms with van der Waals surface area (Å²) in [6.45, 7) is 4.96. The van der Waals surface area contributed by atoms with E-state index < -0.39 is 0 Å². The molecule has 0 aliphatic carbocycles. The molecule has 2 atom stereocenters. The number of ether oxygens (including phenoxy) is 1. The summed E-state index contributed by atoms with van der Waals surface area (Å²) >= 11 is 0. The molecule has 1 fully saturated rings. The molecule has 0 radical (unpaired) electrons. The van der Waals surface area contributed by atoms with Crippen LogP contribution in [0.2, 0.25) is 0 Å². The van der Waals surface area contributed by atoms with Crippen LogP contribution in [-0.2, 0) is 4.79 Å². The van der Waals surface area contributed by atoms with Crippen LogP contribution in [-0.4, -0.2) is 61.0 Å². The lowest BCUT2D eigenvalue weighted by Gasteiger charge is -2.37. The van der Waals surface area contributed by atoms with Crippen molar-refractivity contribution < 1.29 is 9.53 Å². The highest BCUT2D eigenvalue weighted by atomic mass is 35.5. The Morgan fingerprint density at radius 1 is 1.36 bits per heavy atom. The van der Waals surface area contributed by atoms with Crippen LogP contribution in [0, 0.1) is 0 Å². The van der Waals surface area contributed by atoms with Gasteiger partial charge in [-0.1, -0.05) is 24.3 Å². The molecular formula is C21H29ClN4O2. The highest BCUT2D eigenvalue weighted by Crippen LogP contribution is 2.28.